The fourth-order valence-corrected chi connectivity index (χ4v) is 7.57. The first-order valence-corrected chi connectivity index (χ1v) is 15.3. The zero-order valence-electron chi connectivity index (χ0n) is 25.6. The van der Waals surface area contributed by atoms with E-state index in [-0.39, 0.29) is 23.0 Å². The molecule has 2 fully saturated rings. The van der Waals surface area contributed by atoms with Gasteiger partial charge in [0.25, 0.3) is 11.8 Å². The van der Waals surface area contributed by atoms with E-state index in [1.807, 2.05) is 42.5 Å². The Hall–Kier alpha value is -5.12. The first-order chi connectivity index (χ1) is 21.4. The number of anilines is 2. The van der Waals surface area contributed by atoms with E-state index in [1.165, 1.54) is 0 Å². The number of aromatic nitrogens is 2. The van der Waals surface area contributed by atoms with E-state index in [0.29, 0.717) is 42.5 Å². The van der Waals surface area contributed by atoms with Crippen molar-refractivity contribution in [1.29, 1.82) is 0 Å². The number of piperidine rings is 1. The average Bonchev–Trinajstić information content (AvgIpc) is 3.41. The first kappa shape index (κ1) is 27.4. The SMILES string of the molecule is Cn1cc(NC(=O)OC(C)(C)C)cc1C(=O)N1CCc2c1ccc1[nH]c(C(=O)N3CC4CC45C3=CC(=O)c3ccccc35)cc21. The second-order valence-electron chi connectivity index (χ2n) is 13.5. The van der Waals surface area contributed by atoms with Gasteiger partial charge >= 0.3 is 6.09 Å². The molecule has 4 heterocycles. The van der Waals surface area contributed by atoms with Crippen LogP contribution in [0.2, 0.25) is 0 Å². The summed E-state index contributed by atoms with van der Waals surface area (Å²) in [5, 5.41) is 3.61. The van der Waals surface area contributed by atoms with Crippen LogP contribution in [-0.2, 0) is 23.6 Å². The summed E-state index contributed by atoms with van der Waals surface area (Å²) in [7, 11) is 1.76. The molecule has 4 aromatic rings. The third kappa shape index (κ3) is 4.08. The molecule has 2 aliphatic heterocycles. The number of amides is 3. The Morgan fingerprint density at radius 1 is 1.04 bits per heavy atom. The molecule has 228 valence electrons. The number of carbonyl (C=O) groups excluding carboxylic acids is 4. The maximum atomic E-state index is 13.9. The predicted octanol–water partition coefficient (Wildman–Crippen LogP) is 5.55. The molecule has 2 aromatic carbocycles. The lowest BCUT2D eigenvalue weighted by atomic mass is 9.81. The Labute approximate surface area is 259 Å². The van der Waals surface area contributed by atoms with E-state index in [1.54, 1.807) is 60.5 Å². The van der Waals surface area contributed by atoms with Gasteiger partial charge in [-0.25, -0.2) is 4.79 Å². The minimum absolute atomic E-state index is 0.0539. The minimum atomic E-state index is -0.639. The number of rotatable bonds is 3. The molecular weight excluding hydrogens is 570 g/mol. The van der Waals surface area contributed by atoms with Crippen molar-refractivity contribution in [1.82, 2.24) is 14.5 Å². The molecule has 0 bridgehead atoms. The lowest BCUT2D eigenvalue weighted by Crippen LogP contribution is -2.33. The number of aromatic amines is 1. The van der Waals surface area contributed by atoms with Crippen LogP contribution in [0.4, 0.5) is 16.2 Å². The number of likely N-dealkylation sites (tertiary alicyclic amines) is 1. The Morgan fingerprint density at radius 2 is 1.84 bits per heavy atom. The van der Waals surface area contributed by atoms with Crippen LogP contribution < -0.4 is 10.2 Å². The van der Waals surface area contributed by atoms with Crippen molar-refractivity contribution in [2.24, 2.45) is 13.0 Å². The van der Waals surface area contributed by atoms with Crippen molar-refractivity contribution in [3.63, 3.8) is 0 Å². The number of H-pyrrole nitrogens is 1. The molecule has 2 unspecified atom stereocenters. The Balaban J connectivity index is 1.05. The van der Waals surface area contributed by atoms with Gasteiger partial charge in [-0.1, -0.05) is 24.3 Å². The first-order valence-electron chi connectivity index (χ1n) is 15.3. The molecule has 4 aliphatic rings. The van der Waals surface area contributed by atoms with E-state index < -0.39 is 11.7 Å². The number of hydrogen-bond acceptors (Lipinski definition) is 5. The summed E-state index contributed by atoms with van der Waals surface area (Å²) in [5.41, 5.74) is 5.70. The molecule has 2 aliphatic carbocycles. The highest BCUT2D eigenvalue weighted by Gasteiger charge is 2.67. The average molecular weight is 604 g/mol. The minimum Gasteiger partial charge on any atom is -0.444 e. The molecule has 2 aromatic heterocycles. The van der Waals surface area contributed by atoms with Crippen molar-refractivity contribution in [3.8, 4) is 0 Å². The number of ketones is 1. The number of nitrogens with one attached hydrogen (secondary N) is 2. The molecule has 45 heavy (non-hydrogen) atoms. The van der Waals surface area contributed by atoms with Gasteiger partial charge < -0.3 is 24.1 Å². The summed E-state index contributed by atoms with van der Waals surface area (Å²) < 4.78 is 7.03. The second-order valence-corrected chi connectivity index (χ2v) is 13.5. The maximum absolute atomic E-state index is 13.9. The van der Waals surface area contributed by atoms with Crippen LogP contribution in [0.3, 0.4) is 0 Å². The van der Waals surface area contributed by atoms with Crippen LogP contribution in [0.1, 0.15) is 69.7 Å². The van der Waals surface area contributed by atoms with Gasteiger partial charge in [0, 0.05) is 65.7 Å². The van der Waals surface area contributed by atoms with Gasteiger partial charge in [-0.15, -0.1) is 0 Å². The number of allylic oxidation sites excluding steroid dienone is 2. The molecule has 1 saturated heterocycles. The van der Waals surface area contributed by atoms with Crippen molar-refractivity contribution >= 4 is 46.0 Å². The van der Waals surface area contributed by atoms with Crippen molar-refractivity contribution in [2.45, 2.75) is 44.6 Å². The lowest BCUT2D eigenvalue weighted by molar-refractivity contribution is 0.0635. The summed E-state index contributed by atoms with van der Waals surface area (Å²) in [5.74, 6) is -0.0746. The van der Waals surface area contributed by atoms with Gasteiger partial charge in [-0.2, -0.15) is 0 Å². The molecule has 1 saturated carbocycles. The molecule has 0 radical (unpaired) electrons. The Kier molecular flexibility index (Phi) is 5.61. The molecule has 10 heteroatoms. The number of ether oxygens (including phenoxy) is 1. The molecule has 2 N–H and O–H groups in total. The van der Waals surface area contributed by atoms with Crippen molar-refractivity contribution in [3.05, 3.63) is 94.6 Å². The molecule has 1 spiro atoms. The highest BCUT2D eigenvalue weighted by molar-refractivity contribution is 6.11. The number of fused-ring (bicyclic) bond motifs is 4. The summed E-state index contributed by atoms with van der Waals surface area (Å²) in [6, 6.07) is 15.1. The Bertz CT molecular complexity index is 2030. The fraction of sp³-hybridized carbons (Fsp3) is 0.314. The summed E-state index contributed by atoms with van der Waals surface area (Å²) in [6.07, 6.45) is 4.35. The molecule has 3 amide bonds. The summed E-state index contributed by atoms with van der Waals surface area (Å²) in [4.78, 5) is 59.7. The van der Waals surface area contributed by atoms with Gasteiger partial charge in [-0.05, 0) is 74.9 Å². The highest BCUT2D eigenvalue weighted by atomic mass is 16.6. The van der Waals surface area contributed by atoms with E-state index in [0.717, 1.165) is 45.4 Å². The number of hydrogen-bond donors (Lipinski definition) is 2. The van der Waals surface area contributed by atoms with Crippen molar-refractivity contribution in [2.75, 3.05) is 23.3 Å². The number of nitrogens with zero attached hydrogens (tertiary/aromatic N) is 3. The van der Waals surface area contributed by atoms with E-state index in [2.05, 4.69) is 10.3 Å². The summed E-state index contributed by atoms with van der Waals surface area (Å²) in [6.45, 7) is 6.45. The number of carbonyl (C=O) groups is 4. The van der Waals surface area contributed by atoms with E-state index in [4.69, 9.17) is 4.74 Å². The van der Waals surface area contributed by atoms with Crippen LogP contribution in [0, 0.1) is 5.92 Å². The van der Waals surface area contributed by atoms with Crippen LogP contribution >= 0.6 is 0 Å². The standard InChI is InChI=1S/C35H33N5O5/c1-34(2,3)45-33(44)36-20-13-28(38(4)18-20)32(43)39-12-11-21-23-14-26(37-25(23)9-10-27(21)39)31(42)40-17-19-16-35(19)24-8-6-5-7-22(24)29(41)15-30(35)40/h5-10,13-15,18-19,37H,11-12,16-17H2,1-4H3,(H,36,44). The maximum Gasteiger partial charge on any atom is 0.412 e. The van der Waals surface area contributed by atoms with E-state index in [9.17, 15) is 19.2 Å². The fourth-order valence-electron chi connectivity index (χ4n) is 7.57. The molecular formula is C35H33N5O5. The topological polar surface area (TPSA) is 117 Å². The van der Waals surface area contributed by atoms with Crippen LogP contribution in [0.5, 0.6) is 0 Å². The van der Waals surface area contributed by atoms with Gasteiger partial charge in [0.2, 0.25) is 0 Å². The quantitative estimate of drug-likeness (QED) is 0.319. The van der Waals surface area contributed by atoms with E-state index >= 15 is 0 Å². The van der Waals surface area contributed by atoms with Gasteiger partial charge in [-0.3, -0.25) is 19.7 Å². The number of aryl methyl sites for hydroxylation is 1. The van der Waals surface area contributed by atoms with Gasteiger partial charge in [0.1, 0.15) is 17.0 Å². The molecule has 2 atom stereocenters. The third-order valence-electron chi connectivity index (χ3n) is 9.55. The molecule has 8 rings (SSSR count). The largest absolute Gasteiger partial charge is 0.444 e. The monoisotopic (exact) mass is 603 g/mol. The van der Waals surface area contributed by atoms with Crippen LogP contribution in [0.25, 0.3) is 10.9 Å². The smallest absolute Gasteiger partial charge is 0.412 e. The molecule has 10 nitrogen and oxygen atoms in total. The van der Waals surface area contributed by atoms with Crippen LogP contribution in [-0.4, -0.2) is 56.8 Å². The highest BCUT2D eigenvalue weighted by Crippen LogP contribution is 2.66. The van der Waals surface area contributed by atoms with Gasteiger partial charge in [0.15, 0.2) is 5.78 Å². The Morgan fingerprint density at radius 3 is 2.64 bits per heavy atom. The second kappa shape index (κ2) is 9.20. The normalized spacial score (nSPS) is 21.2. The third-order valence-corrected chi connectivity index (χ3v) is 9.55. The van der Waals surface area contributed by atoms with Crippen molar-refractivity contribution < 1.29 is 23.9 Å². The van der Waals surface area contributed by atoms with Crippen LogP contribution in [0.15, 0.2) is 66.5 Å². The predicted molar refractivity (Wildman–Crippen MR) is 169 cm³/mol. The zero-order valence-corrected chi connectivity index (χ0v) is 25.6. The zero-order chi connectivity index (χ0) is 31.4. The number of benzene rings is 2. The van der Waals surface area contributed by atoms with Gasteiger partial charge in [0.05, 0.1) is 5.69 Å². The lowest BCUT2D eigenvalue weighted by Gasteiger charge is -2.29. The summed E-state index contributed by atoms with van der Waals surface area (Å²) >= 11 is 0.